The van der Waals surface area contributed by atoms with Crippen LogP contribution in [0.2, 0.25) is 0 Å². The molecule has 0 fully saturated rings. The molecule has 12 N–H and O–H groups in total. The molecule has 552 valence electrons. The number of nitrogens with two attached hydrogens (primary N) is 3. The van der Waals surface area contributed by atoms with Gasteiger partial charge in [-0.25, -0.2) is 19.2 Å². The molecule has 0 saturated carbocycles. The Morgan fingerprint density at radius 2 is 0.620 bits per heavy atom. The number of esters is 2. The van der Waals surface area contributed by atoms with Crippen LogP contribution in [0.4, 0.5) is 9.59 Å². The predicted molar refractivity (Wildman–Crippen MR) is 413 cm³/mol. The minimum absolute atomic E-state index is 0.0331. The van der Waals surface area contributed by atoms with Gasteiger partial charge in [0.25, 0.3) is 0 Å². The molecule has 10 aromatic rings. The number of benzene rings is 10. The molecule has 10 aromatic carbocycles. The Morgan fingerprint density at radius 1 is 0.361 bits per heavy atom. The topological polar surface area (TPSA) is 335 Å². The molecule has 0 heterocycles. The molecule has 14 rings (SSSR count). The largest absolute Gasteiger partial charge is 0.463 e. The maximum absolute atomic E-state index is 13.3. The van der Waals surface area contributed by atoms with Crippen molar-refractivity contribution in [1.29, 1.82) is 0 Å². The average Bonchev–Trinajstić information content (AvgIpc) is 1.64. The highest BCUT2D eigenvalue weighted by Gasteiger charge is 2.34. The molecule has 0 saturated heterocycles. The molecule has 21 nitrogen and oxygen atoms in total. The fourth-order valence-electron chi connectivity index (χ4n) is 14.2. The highest BCUT2D eigenvalue weighted by molar-refractivity contribution is 5.91. The lowest BCUT2D eigenvalue weighted by Gasteiger charge is -2.22. The quantitative estimate of drug-likeness (QED) is 0.00893. The molecular weight excluding hydrogens is 1360 g/mol. The third kappa shape index (κ3) is 19.0. The molecule has 108 heavy (non-hydrogen) atoms. The van der Waals surface area contributed by atoms with Crippen molar-refractivity contribution in [2.75, 3.05) is 53.2 Å². The minimum Gasteiger partial charge on any atom is -0.463 e. The van der Waals surface area contributed by atoms with Crippen LogP contribution >= 0.6 is 0 Å². The van der Waals surface area contributed by atoms with Gasteiger partial charge in [0.15, 0.2) is 5.96 Å². The van der Waals surface area contributed by atoms with E-state index in [1.165, 1.54) is 44.5 Å². The second kappa shape index (κ2) is 37.3. The Bertz CT molecular complexity index is 4550. The van der Waals surface area contributed by atoms with Gasteiger partial charge >= 0.3 is 24.1 Å². The van der Waals surface area contributed by atoms with Crippen molar-refractivity contribution in [2.45, 2.75) is 67.5 Å². The van der Waals surface area contributed by atoms with Crippen LogP contribution in [0.15, 0.2) is 260 Å². The lowest BCUT2D eigenvalue weighted by molar-refractivity contribution is -0.147. The Morgan fingerprint density at radius 3 is 0.898 bits per heavy atom. The van der Waals surface area contributed by atoms with Crippen molar-refractivity contribution in [1.82, 2.24) is 21.3 Å². The van der Waals surface area contributed by atoms with Gasteiger partial charge in [0.2, 0.25) is 17.7 Å². The van der Waals surface area contributed by atoms with Crippen molar-refractivity contribution < 1.29 is 62.7 Å². The van der Waals surface area contributed by atoms with Gasteiger partial charge in [-0.2, -0.15) is 0 Å². The Kier molecular flexibility index (Phi) is 26.4. The Labute approximate surface area is 626 Å². The van der Waals surface area contributed by atoms with E-state index in [1.807, 2.05) is 170 Å². The molecular formula is C87H86N8O13. The van der Waals surface area contributed by atoms with E-state index in [1.54, 1.807) is 7.05 Å². The lowest BCUT2D eigenvalue weighted by atomic mass is 9.98. The van der Waals surface area contributed by atoms with Crippen molar-refractivity contribution in [2.24, 2.45) is 22.2 Å². The van der Waals surface area contributed by atoms with Crippen LogP contribution in [0.1, 0.15) is 92.1 Å². The SMILES string of the molecule is CN=C(N)NCCC[C@H](NC(=O)OCC1c2ccccc2-c2ccccc21)C(=O)N[C@@H](Cc1ccccc1)C(N)=O.NC(=O)[C@H](Cc1ccccc1)NC(=O)OCC1c2ccccc2-c2ccccc21.O=C(CO)OCC1c2ccccc2-c2ccccc21.O=C(CO)OCC1c2ccccc2-c2ccccc21. The van der Waals surface area contributed by atoms with E-state index in [4.69, 9.17) is 46.4 Å². The third-order valence-corrected chi connectivity index (χ3v) is 19.4. The zero-order chi connectivity index (χ0) is 75.9. The summed E-state index contributed by atoms with van der Waals surface area (Å²) >= 11 is 0. The van der Waals surface area contributed by atoms with Crippen LogP contribution in [0.25, 0.3) is 44.5 Å². The number of hydrogen-bond donors (Lipinski definition) is 9. The molecule has 0 spiro atoms. The monoisotopic (exact) mass is 1450 g/mol. The van der Waals surface area contributed by atoms with Gasteiger partial charge in [0.1, 0.15) is 57.8 Å². The van der Waals surface area contributed by atoms with Gasteiger partial charge in [-0.3, -0.25) is 19.4 Å². The van der Waals surface area contributed by atoms with Gasteiger partial charge in [-0.1, -0.05) is 255 Å². The first-order valence-corrected chi connectivity index (χ1v) is 35.7. The Hall–Kier alpha value is -12.7. The summed E-state index contributed by atoms with van der Waals surface area (Å²) in [6, 6.07) is 80.9. The first-order valence-electron chi connectivity index (χ1n) is 35.7. The molecule has 21 heteroatoms. The number of hydrogen-bond acceptors (Lipinski definition) is 14. The number of aliphatic hydroxyl groups is 2. The van der Waals surface area contributed by atoms with Gasteiger partial charge in [0, 0.05) is 50.1 Å². The number of nitrogens with zero attached hydrogens (tertiary/aromatic N) is 1. The van der Waals surface area contributed by atoms with E-state index in [0.29, 0.717) is 19.4 Å². The molecule has 4 aliphatic rings. The molecule has 0 radical (unpaired) electrons. The summed E-state index contributed by atoms with van der Waals surface area (Å²) in [5, 5.41) is 28.4. The number of rotatable bonds is 24. The third-order valence-electron chi connectivity index (χ3n) is 19.4. The smallest absolute Gasteiger partial charge is 0.407 e. The van der Waals surface area contributed by atoms with Gasteiger partial charge in [-0.05, 0) is 113 Å². The molecule has 0 bridgehead atoms. The first-order chi connectivity index (χ1) is 52.6. The standard InChI is InChI=1S/C31H36N6O4.C24H22N2O3.2C16H14O3/c1-34-30(33)35-17-9-16-26(29(39)36-27(28(32)38)18-20-10-3-2-4-11-20)37-31(40)41-19-25-23-14-7-5-12-21(23)22-13-6-8-15-24(22)25;25-23(27)22(14-16-8-2-1-3-9-16)26-24(28)29-15-21-19-12-6-4-10-17(19)18-11-5-7-13-20(18)21;2*17-9-16(18)19-10-15-13-7-3-1-5-11(13)12-6-2-4-8-14(12)15/h2-8,10-15,25-27H,9,16-19H2,1H3,(H2,32,38)(H,36,39)(H,37,40)(H3,33,34,35);1-13,21-22H,14-15H2,(H2,25,27)(H,26,28);2*1-8,15,17H,9-10H2/t26-,27-;22-;;/m00../s1. The molecule has 0 aromatic heterocycles. The Balaban J connectivity index is 0.000000151. The second-order valence-electron chi connectivity index (χ2n) is 26.1. The van der Waals surface area contributed by atoms with Crippen molar-refractivity contribution in [3.05, 3.63) is 310 Å². The number of amides is 5. The van der Waals surface area contributed by atoms with Crippen LogP contribution in [-0.2, 0) is 55.8 Å². The van der Waals surface area contributed by atoms with Crippen LogP contribution in [-0.4, -0.2) is 129 Å². The molecule has 3 atom stereocenters. The minimum atomic E-state index is -0.968. The van der Waals surface area contributed by atoms with Crippen molar-refractivity contribution >= 4 is 47.8 Å². The number of alkyl carbamates (subject to hydrolysis) is 2. The number of guanidine groups is 1. The predicted octanol–water partition coefficient (Wildman–Crippen LogP) is 10.7. The van der Waals surface area contributed by atoms with Gasteiger partial charge < -0.3 is 67.6 Å². The number of ether oxygens (including phenoxy) is 4. The number of carbonyl (C=O) groups is 7. The van der Waals surface area contributed by atoms with E-state index in [-0.39, 0.29) is 68.9 Å². The molecule has 0 aliphatic heterocycles. The summed E-state index contributed by atoms with van der Waals surface area (Å²) in [6.45, 7) is 0.128. The number of carbonyl (C=O) groups excluding carboxylic acids is 7. The summed E-state index contributed by atoms with van der Waals surface area (Å²) in [5.74, 6) is -2.73. The zero-order valence-electron chi connectivity index (χ0n) is 59.6. The summed E-state index contributed by atoms with van der Waals surface area (Å²) in [4.78, 5) is 88.7. The average molecular weight is 1450 g/mol. The number of primary amides is 2. The van der Waals surface area contributed by atoms with E-state index in [0.717, 1.165) is 55.6 Å². The maximum atomic E-state index is 13.3. The van der Waals surface area contributed by atoms with Crippen LogP contribution in [0.5, 0.6) is 0 Å². The molecule has 4 aliphatic carbocycles. The molecule has 5 amide bonds. The van der Waals surface area contributed by atoms with Crippen LogP contribution in [0, 0.1) is 0 Å². The van der Waals surface area contributed by atoms with E-state index in [2.05, 4.69) is 111 Å². The van der Waals surface area contributed by atoms with Crippen molar-refractivity contribution in [3.63, 3.8) is 0 Å². The second-order valence-corrected chi connectivity index (χ2v) is 26.1. The van der Waals surface area contributed by atoms with E-state index < -0.39 is 73.2 Å². The molecule has 0 unspecified atom stereocenters. The van der Waals surface area contributed by atoms with Gasteiger partial charge in [0.05, 0.1) is 0 Å². The van der Waals surface area contributed by atoms with Crippen molar-refractivity contribution in [3.8, 4) is 44.5 Å². The highest BCUT2D eigenvalue weighted by Crippen LogP contribution is 2.48. The highest BCUT2D eigenvalue weighted by atomic mass is 16.6. The van der Waals surface area contributed by atoms with Crippen LogP contribution < -0.4 is 38.5 Å². The fourth-order valence-corrected chi connectivity index (χ4v) is 14.2. The summed E-state index contributed by atoms with van der Waals surface area (Å²) in [7, 11) is 1.56. The van der Waals surface area contributed by atoms with E-state index >= 15 is 0 Å². The summed E-state index contributed by atoms with van der Waals surface area (Å²) in [6.07, 6.45) is -0.0837. The fraction of sp³-hybridized carbons (Fsp3) is 0.218. The van der Waals surface area contributed by atoms with E-state index in [9.17, 15) is 33.6 Å². The zero-order valence-corrected chi connectivity index (χ0v) is 59.6. The van der Waals surface area contributed by atoms with Crippen LogP contribution in [0.3, 0.4) is 0 Å². The maximum Gasteiger partial charge on any atom is 0.407 e. The first kappa shape index (κ1) is 76.4. The number of nitrogens with one attached hydrogen (secondary N) is 4. The normalized spacial score (nSPS) is 13.3. The number of fused-ring (bicyclic) bond motifs is 12. The number of aliphatic hydroxyl groups excluding tert-OH is 2. The number of aliphatic imine (C=N–C) groups is 1. The summed E-state index contributed by atoms with van der Waals surface area (Å²) < 4.78 is 21.4. The lowest BCUT2D eigenvalue weighted by Crippen LogP contribution is -2.53. The van der Waals surface area contributed by atoms with Gasteiger partial charge in [-0.15, -0.1) is 0 Å². The summed E-state index contributed by atoms with van der Waals surface area (Å²) in [5.41, 5.74) is 37.0.